The molecule has 0 bridgehead atoms. The second kappa shape index (κ2) is 5.37. The van der Waals surface area contributed by atoms with Gasteiger partial charge in [-0.1, -0.05) is 0 Å². The van der Waals surface area contributed by atoms with Crippen molar-refractivity contribution in [3.63, 3.8) is 0 Å². The maximum atomic E-state index is 13.9. The molecule has 0 fully saturated rings. The van der Waals surface area contributed by atoms with Crippen molar-refractivity contribution in [1.29, 1.82) is 0 Å². The summed E-state index contributed by atoms with van der Waals surface area (Å²) < 4.78 is 41.9. The average molecular weight is 328 g/mol. The quantitative estimate of drug-likeness (QED) is 0.681. The number of benzene rings is 1. The SMILES string of the molecule is Cc1nn(C)c(NS(=O)(=O)c2ccc([N+](=O)[O-])cc2F)c1C. The Hall–Kier alpha value is -2.49. The fourth-order valence-electron chi connectivity index (χ4n) is 1.91. The third kappa shape index (κ3) is 2.77. The van der Waals surface area contributed by atoms with E-state index in [0.717, 1.165) is 12.1 Å². The number of rotatable bonds is 4. The monoisotopic (exact) mass is 328 g/mol. The first-order valence-electron chi connectivity index (χ1n) is 6.10. The second-order valence-corrected chi connectivity index (χ2v) is 6.31. The Morgan fingerprint density at radius 2 is 2.00 bits per heavy atom. The fourth-order valence-corrected chi connectivity index (χ4v) is 3.12. The molecule has 0 amide bonds. The summed E-state index contributed by atoms with van der Waals surface area (Å²) in [6, 6.07) is 2.35. The van der Waals surface area contributed by atoms with Gasteiger partial charge in [0, 0.05) is 18.7 Å². The van der Waals surface area contributed by atoms with Gasteiger partial charge in [0.25, 0.3) is 15.7 Å². The first-order valence-corrected chi connectivity index (χ1v) is 7.58. The summed E-state index contributed by atoms with van der Waals surface area (Å²) in [5, 5.41) is 14.6. The molecule has 10 heteroatoms. The Morgan fingerprint density at radius 1 is 1.36 bits per heavy atom. The smallest absolute Gasteiger partial charge is 0.263 e. The summed E-state index contributed by atoms with van der Waals surface area (Å²) in [5.41, 5.74) is 0.710. The molecule has 0 saturated carbocycles. The lowest BCUT2D eigenvalue weighted by molar-refractivity contribution is -0.385. The van der Waals surface area contributed by atoms with Gasteiger partial charge in [0.15, 0.2) is 5.82 Å². The van der Waals surface area contributed by atoms with E-state index in [1.807, 2.05) is 0 Å². The lowest BCUT2D eigenvalue weighted by Gasteiger charge is -2.10. The van der Waals surface area contributed by atoms with Gasteiger partial charge in [-0.15, -0.1) is 0 Å². The standard InChI is InChI=1S/C12H13FN4O4S/c1-7-8(2)14-16(3)12(7)15-22(20,21)11-5-4-9(17(18)19)6-10(11)13/h4-6,15H,1-3H3. The van der Waals surface area contributed by atoms with Crippen molar-refractivity contribution >= 4 is 21.5 Å². The number of nitrogens with one attached hydrogen (secondary N) is 1. The summed E-state index contributed by atoms with van der Waals surface area (Å²) >= 11 is 0. The Balaban J connectivity index is 2.45. The number of nitro groups is 1. The average Bonchev–Trinajstić information content (AvgIpc) is 2.64. The van der Waals surface area contributed by atoms with Crippen LogP contribution in [0.5, 0.6) is 0 Å². The zero-order valence-electron chi connectivity index (χ0n) is 12.0. The summed E-state index contributed by atoms with van der Waals surface area (Å²) in [6.07, 6.45) is 0. The van der Waals surface area contributed by atoms with Gasteiger partial charge in [0.1, 0.15) is 10.7 Å². The van der Waals surface area contributed by atoms with Crippen LogP contribution in [0.1, 0.15) is 11.3 Å². The lowest BCUT2D eigenvalue weighted by atomic mass is 10.3. The predicted molar refractivity (Wildman–Crippen MR) is 76.5 cm³/mol. The van der Waals surface area contributed by atoms with Crippen molar-refractivity contribution in [3.8, 4) is 0 Å². The molecule has 0 unspecified atom stereocenters. The maximum absolute atomic E-state index is 13.9. The largest absolute Gasteiger partial charge is 0.272 e. The van der Waals surface area contributed by atoms with Crippen LogP contribution in [0, 0.1) is 29.8 Å². The van der Waals surface area contributed by atoms with Crippen LogP contribution in [0.25, 0.3) is 0 Å². The summed E-state index contributed by atoms with van der Waals surface area (Å²) in [5.74, 6) is -0.992. The van der Waals surface area contributed by atoms with Crippen molar-refractivity contribution in [1.82, 2.24) is 9.78 Å². The highest BCUT2D eigenvalue weighted by Gasteiger charge is 2.24. The summed E-state index contributed by atoms with van der Waals surface area (Å²) in [6.45, 7) is 3.38. The molecular weight excluding hydrogens is 315 g/mol. The first kappa shape index (κ1) is 15.9. The molecule has 22 heavy (non-hydrogen) atoms. The van der Waals surface area contributed by atoms with Crippen molar-refractivity contribution in [3.05, 3.63) is 45.4 Å². The molecule has 0 saturated heterocycles. The highest BCUT2D eigenvalue weighted by atomic mass is 32.2. The van der Waals surface area contributed by atoms with Gasteiger partial charge >= 0.3 is 0 Å². The minimum atomic E-state index is -4.23. The molecule has 2 rings (SSSR count). The van der Waals surface area contributed by atoms with E-state index in [-0.39, 0.29) is 5.82 Å². The van der Waals surface area contributed by atoms with Gasteiger partial charge in [0.05, 0.1) is 16.7 Å². The van der Waals surface area contributed by atoms with Crippen molar-refractivity contribution in [2.24, 2.45) is 7.05 Å². The van der Waals surface area contributed by atoms with Gasteiger partial charge in [-0.2, -0.15) is 5.10 Å². The number of halogens is 1. The number of non-ortho nitro benzene ring substituents is 1. The number of hydrogen-bond acceptors (Lipinski definition) is 5. The minimum Gasteiger partial charge on any atom is -0.263 e. The predicted octanol–water partition coefficient (Wildman–Crippen LogP) is 1.89. The van der Waals surface area contributed by atoms with Gasteiger partial charge in [-0.3, -0.25) is 19.5 Å². The maximum Gasteiger partial charge on any atom is 0.272 e. The van der Waals surface area contributed by atoms with Gasteiger partial charge in [-0.05, 0) is 19.9 Å². The Bertz CT molecular complexity index is 860. The third-order valence-corrected chi connectivity index (χ3v) is 4.54. The minimum absolute atomic E-state index is 0.204. The van der Waals surface area contributed by atoms with E-state index >= 15 is 0 Å². The first-order chi connectivity index (χ1) is 10.1. The van der Waals surface area contributed by atoms with Gasteiger partial charge in [-0.25, -0.2) is 12.8 Å². The van der Waals surface area contributed by atoms with Gasteiger partial charge < -0.3 is 0 Å². The molecule has 0 aliphatic carbocycles. The molecule has 1 aromatic carbocycles. The topological polar surface area (TPSA) is 107 Å². The van der Waals surface area contributed by atoms with Crippen LogP contribution in [0.4, 0.5) is 15.9 Å². The molecule has 1 N–H and O–H groups in total. The van der Waals surface area contributed by atoms with Crippen LogP contribution in [0.15, 0.2) is 23.1 Å². The van der Waals surface area contributed by atoms with Crippen LogP contribution in [0.2, 0.25) is 0 Å². The Morgan fingerprint density at radius 3 is 2.45 bits per heavy atom. The molecule has 0 radical (unpaired) electrons. The number of nitrogens with zero attached hydrogens (tertiary/aromatic N) is 3. The van der Waals surface area contributed by atoms with Crippen molar-refractivity contribution in [2.45, 2.75) is 18.7 Å². The van der Waals surface area contributed by atoms with Crippen molar-refractivity contribution in [2.75, 3.05) is 4.72 Å². The highest BCUT2D eigenvalue weighted by molar-refractivity contribution is 7.92. The van der Waals surface area contributed by atoms with Crippen LogP contribution >= 0.6 is 0 Å². The molecular formula is C12H13FN4O4S. The van der Waals surface area contributed by atoms with Gasteiger partial charge in [0.2, 0.25) is 0 Å². The van der Waals surface area contributed by atoms with E-state index in [4.69, 9.17) is 0 Å². The Kier molecular flexibility index (Phi) is 3.88. The summed E-state index contributed by atoms with van der Waals surface area (Å²) in [7, 11) is -2.68. The second-order valence-electron chi connectivity index (χ2n) is 4.66. The van der Waals surface area contributed by atoms with E-state index in [1.54, 1.807) is 20.9 Å². The molecule has 8 nitrogen and oxygen atoms in total. The van der Waals surface area contributed by atoms with Crippen LogP contribution in [-0.2, 0) is 17.1 Å². The van der Waals surface area contributed by atoms with Crippen molar-refractivity contribution < 1.29 is 17.7 Å². The highest BCUT2D eigenvalue weighted by Crippen LogP contribution is 2.25. The number of aryl methyl sites for hydroxylation is 2. The molecule has 0 aliphatic heterocycles. The molecule has 1 aromatic heterocycles. The Labute approximate surface area is 125 Å². The van der Waals surface area contributed by atoms with Crippen LogP contribution in [0.3, 0.4) is 0 Å². The molecule has 1 heterocycles. The van der Waals surface area contributed by atoms with E-state index in [1.165, 1.54) is 4.68 Å². The number of anilines is 1. The molecule has 2 aromatic rings. The molecule has 118 valence electrons. The summed E-state index contributed by atoms with van der Waals surface area (Å²) in [4.78, 5) is 9.09. The number of nitro benzene ring substituents is 1. The van der Waals surface area contributed by atoms with Crippen LogP contribution in [-0.4, -0.2) is 23.1 Å². The number of hydrogen-bond donors (Lipinski definition) is 1. The zero-order chi connectivity index (χ0) is 16.7. The van der Waals surface area contributed by atoms with E-state index in [2.05, 4.69) is 9.82 Å². The fraction of sp³-hybridized carbons (Fsp3) is 0.250. The number of sulfonamides is 1. The zero-order valence-corrected chi connectivity index (χ0v) is 12.8. The number of aromatic nitrogens is 2. The normalized spacial score (nSPS) is 11.5. The molecule has 0 spiro atoms. The molecule has 0 atom stereocenters. The van der Waals surface area contributed by atoms with E-state index in [9.17, 15) is 22.9 Å². The molecule has 0 aliphatic rings. The lowest BCUT2D eigenvalue weighted by Crippen LogP contribution is -2.17. The van der Waals surface area contributed by atoms with E-state index in [0.29, 0.717) is 17.3 Å². The van der Waals surface area contributed by atoms with E-state index < -0.39 is 31.3 Å². The van der Waals surface area contributed by atoms with Crippen LogP contribution < -0.4 is 4.72 Å². The third-order valence-electron chi connectivity index (χ3n) is 3.17.